The molecule has 0 amide bonds. The molecule has 0 atom stereocenters. The van der Waals surface area contributed by atoms with Crippen molar-refractivity contribution in [2.24, 2.45) is 0 Å². The molecule has 0 aromatic heterocycles. The summed E-state index contributed by atoms with van der Waals surface area (Å²) in [5, 5.41) is 9.09. The molecule has 1 aliphatic carbocycles. The number of rotatable bonds is 2. The van der Waals surface area contributed by atoms with Crippen LogP contribution in [0.2, 0.25) is 0 Å². The highest BCUT2D eigenvalue weighted by molar-refractivity contribution is 8.03. The summed E-state index contributed by atoms with van der Waals surface area (Å²) in [5.41, 5.74) is 3.30. The summed E-state index contributed by atoms with van der Waals surface area (Å²) >= 11 is 1.79. The normalized spacial score (nSPS) is 14.0. The molecule has 1 aromatic carbocycles. The van der Waals surface area contributed by atoms with Gasteiger partial charge in [-0.25, -0.2) is 0 Å². The lowest BCUT2D eigenvalue weighted by Crippen LogP contribution is -1.81. The van der Waals surface area contributed by atoms with Gasteiger partial charge in [0.15, 0.2) is 0 Å². The fraction of sp³-hybridized carbons (Fsp3) is 0.250. The summed E-state index contributed by atoms with van der Waals surface area (Å²) in [5.74, 6) is 1.04. The van der Waals surface area contributed by atoms with Gasteiger partial charge >= 0.3 is 0 Å². The van der Waals surface area contributed by atoms with Crippen LogP contribution in [0.25, 0.3) is 5.57 Å². The monoisotopic (exact) mass is 201 g/mol. The van der Waals surface area contributed by atoms with Crippen LogP contribution in [0, 0.1) is 11.3 Å². The second-order valence-electron chi connectivity index (χ2n) is 3.18. The molecule has 0 N–H and O–H groups in total. The van der Waals surface area contributed by atoms with Gasteiger partial charge in [-0.1, -0.05) is 31.2 Å². The maximum absolute atomic E-state index is 9.09. The highest BCUT2D eigenvalue weighted by Crippen LogP contribution is 2.37. The maximum Gasteiger partial charge on any atom is 0.101 e. The molecule has 0 unspecified atom stereocenters. The van der Waals surface area contributed by atoms with Gasteiger partial charge in [0.25, 0.3) is 0 Å². The second-order valence-corrected chi connectivity index (χ2v) is 4.54. The quantitative estimate of drug-likeness (QED) is 0.733. The Kier molecular flexibility index (Phi) is 2.60. The van der Waals surface area contributed by atoms with E-state index in [0.29, 0.717) is 0 Å². The summed E-state index contributed by atoms with van der Waals surface area (Å²) < 4.78 is 0. The minimum atomic E-state index is 0.882. The summed E-state index contributed by atoms with van der Waals surface area (Å²) in [7, 11) is 0. The Balaban J connectivity index is 2.45. The van der Waals surface area contributed by atoms with Gasteiger partial charge < -0.3 is 0 Å². The molecule has 0 heterocycles. The van der Waals surface area contributed by atoms with Crippen molar-refractivity contribution < 1.29 is 0 Å². The van der Waals surface area contributed by atoms with Gasteiger partial charge in [-0.2, -0.15) is 5.26 Å². The number of allylic oxidation sites excluding steroid dienone is 2. The molecule has 1 aliphatic rings. The minimum absolute atomic E-state index is 0.882. The molecule has 14 heavy (non-hydrogen) atoms. The number of hydrogen-bond donors (Lipinski definition) is 0. The third-order valence-electron chi connectivity index (χ3n) is 2.35. The van der Waals surface area contributed by atoms with Crippen molar-refractivity contribution >= 4 is 17.3 Å². The predicted octanol–water partition coefficient (Wildman–Crippen LogP) is 3.23. The first-order valence-corrected chi connectivity index (χ1v) is 5.69. The first-order valence-electron chi connectivity index (χ1n) is 4.71. The van der Waals surface area contributed by atoms with Crippen LogP contribution in [0.4, 0.5) is 0 Å². The van der Waals surface area contributed by atoms with Crippen LogP contribution in [0.3, 0.4) is 0 Å². The molecule has 1 aromatic rings. The molecule has 0 radical (unpaired) electrons. The third kappa shape index (κ3) is 1.44. The first kappa shape index (κ1) is 9.36. The number of nitrogens with zero attached hydrogens (tertiary/aromatic N) is 1. The van der Waals surface area contributed by atoms with Crippen LogP contribution in [0.5, 0.6) is 0 Å². The predicted molar refractivity (Wildman–Crippen MR) is 60.8 cm³/mol. The van der Waals surface area contributed by atoms with Gasteiger partial charge in [0, 0.05) is 11.3 Å². The topological polar surface area (TPSA) is 23.8 Å². The van der Waals surface area contributed by atoms with E-state index in [1.807, 2.05) is 18.2 Å². The van der Waals surface area contributed by atoms with Gasteiger partial charge in [-0.3, -0.25) is 0 Å². The van der Waals surface area contributed by atoms with E-state index in [-0.39, 0.29) is 0 Å². The zero-order valence-electron chi connectivity index (χ0n) is 8.08. The fourth-order valence-electron chi connectivity index (χ4n) is 1.75. The SMILES string of the molecule is CCSC1=C(C#N)c2ccccc2C1. The van der Waals surface area contributed by atoms with E-state index in [2.05, 4.69) is 19.1 Å². The highest BCUT2D eigenvalue weighted by atomic mass is 32.2. The zero-order valence-corrected chi connectivity index (χ0v) is 8.90. The van der Waals surface area contributed by atoms with Gasteiger partial charge in [0.05, 0.1) is 5.57 Å². The molecule has 2 heteroatoms. The Morgan fingerprint density at radius 3 is 2.93 bits per heavy atom. The van der Waals surface area contributed by atoms with Crippen molar-refractivity contribution in [3.8, 4) is 6.07 Å². The van der Waals surface area contributed by atoms with E-state index in [1.165, 1.54) is 10.5 Å². The van der Waals surface area contributed by atoms with Crippen molar-refractivity contribution in [2.75, 3.05) is 5.75 Å². The average Bonchev–Trinajstić information content (AvgIpc) is 2.55. The summed E-state index contributed by atoms with van der Waals surface area (Å²) in [6.45, 7) is 2.12. The lowest BCUT2D eigenvalue weighted by molar-refractivity contribution is 1.29. The van der Waals surface area contributed by atoms with Crippen molar-refractivity contribution in [1.82, 2.24) is 0 Å². The Morgan fingerprint density at radius 1 is 1.43 bits per heavy atom. The van der Waals surface area contributed by atoms with Crippen molar-refractivity contribution in [1.29, 1.82) is 5.26 Å². The largest absolute Gasteiger partial charge is 0.192 e. The number of fused-ring (bicyclic) bond motifs is 1. The number of thioether (sulfide) groups is 1. The second kappa shape index (κ2) is 3.89. The van der Waals surface area contributed by atoms with Crippen molar-refractivity contribution in [3.05, 3.63) is 40.3 Å². The smallest absolute Gasteiger partial charge is 0.101 e. The molecule has 1 nitrogen and oxygen atoms in total. The fourth-order valence-corrected chi connectivity index (χ4v) is 2.66. The molecule has 0 fully saturated rings. The molecule has 70 valence electrons. The van der Waals surface area contributed by atoms with Crippen LogP contribution in [0.15, 0.2) is 29.2 Å². The summed E-state index contributed by atoms with van der Waals surface area (Å²) in [6.07, 6.45) is 0.942. The van der Waals surface area contributed by atoms with Crippen LogP contribution >= 0.6 is 11.8 Å². The number of nitriles is 1. The maximum atomic E-state index is 9.09. The Hall–Kier alpha value is -1.20. The van der Waals surface area contributed by atoms with Crippen LogP contribution in [-0.2, 0) is 6.42 Å². The number of hydrogen-bond acceptors (Lipinski definition) is 2. The molecular weight excluding hydrogens is 190 g/mol. The standard InChI is InChI=1S/C12H11NS/c1-2-14-12-7-9-5-3-4-6-10(9)11(12)8-13/h3-6H,2,7H2,1H3. The van der Waals surface area contributed by atoms with E-state index in [0.717, 1.165) is 23.3 Å². The Bertz CT molecular complexity index is 426. The van der Waals surface area contributed by atoms with E-state index >= 15 is 0 Å². The van der Waals surface area contributed by atoms with Crippen LogP contribution < -0.4 is 0 Å². The van der Waals surface area contributed by atoms with Gasteiger partial charge in [-0.15, -0.1) is 11.8 Å². The van der Waals surface area contributed by atoms with Gasteiger partial charge in [-0.05, 0) is 16.9 Å². The Labute approximate surface area is 88.4 Å². The van der Waals surface area contributed by atoms with E-state index in [1.54, 1.807) is 11.8 Å². The van der Waals surface area contributed by atoms with Gasteiger partial charge in [0.2, 0.25) is 0 Å². The van der Waals surface area contributed by atoms with Crippen molar-refractivity contribution in [3.63, 3.8) is 0 Å². The van der Waals surface area contributed by atoms with E-state index in [9.17, 15) is 0 Å². The molecule has 2 rings (SSSR count). The Morgan fingerprint density at radius 2 is 2.21 bits per heavy atom. The average molecular weight is 201 g/mol. The van der Waals surface area contributed by atoms with E-state index in [4.69, 9.17) is 5.26 Å². The minimum Gasteiger partial charge on any atom is -0.192 e. The molecule has 0 aliphatic heterocycles. The van der Waals surface area contributed by atoms with Crippen molar-refractivity contribution in [2.45, 2.75) is 13.3 Å². The van der Waals surface area contributed by atoms with E-state index < -0.39 is 0 Å². The first-order chi connectivity index (χ1) is 6.86. The van der Waals surface area contributed by atoms with Crippen LogP contribution in [0.1, 0.15) is 18.1 Å². The third-order valence-corrected chi connectivity index (χ3v) is 3.33. The summed E-state index contributed by atoms with van der Waals surface area (Å²) in [6, 6.07) is 10.5. The lowest BCUT2D eigenvalue weighted by atomic mass is 10.1. The molecule has 0 saturated carbocycles. The molecule has 0 bridgehead atoms. The van der Waals surface area contributed by atoms with Gasteiger partial charge in [0.1, 0.15) is 6.07 Å². The molecule has 0 saturated heterocycles. The highest BCUT2D eigenvalue weighted by Gasteiger charge is 2.20. The van der Waals surface area contributed by atoms with Crippen LogP contribution in [-0.4, -0.2) is 5.75 Å². The molecular formula is C12H11NS. The number of benzene rings is 1. The summed E-state index contributed by atoms with van der Waals surface area (Å²) in [4.78, 5) is 1.23. The molecule has 0 spiro atoms. The lowest BCUT2D eigenvalue weighted by Gasteiger charge is -1.97. The zero-order chi connectivity index (χ0) is 9.97.